The number of benzene rings is 1. The number of rotatable bonds is 0. The van der Waals surface area contributed by atoms with Gasteiger partial charge in [-0.05, 0) is 12.1 Å². The van der Waals surface area contributed by atoms with Crippen molar-refractivity contribution < 1.29 is 4.39 Å². The molecule has 0 aliphatic carbocycles. The molecular weight excluding hydrogens is 195 g/mol. The van der Waals surface area contributed by atoms with E-state index in [-0.39, 0.29) is 15.9 Å². The molecule has 1 N–H and O–H groups in total. The predicted octanol–water partition coefficient (Wildman–Crippen LogP) is 1.72. The van der Waals surface area contributed by atoms with Gasteiger partial charge in [0, 0.05) is 0 Å². The molecule has 1 heterocycles. The Hall–Kier alpha value is -1.42. The van der Waals surface area contributed by atoms with Gasteiger partial charge in [0.25, 0.3) is 5.56 Å². The third-order valence-corrected chi connectivity index (χ3v) is 1.99. The molecular formula is C8H4ClFN2O. The zero-order valence-electron chi connectivity index (χ0n) is 6.34. The fourth-order valence-corrected chi connectivity index (χ4v) is 1.37. The molecule has 3 nitrogen and oxygen atoms in total. The van der Waals surface area contributed by atoms with Crippen molar-refractivity contribution in [3.63, 3.8) is 0 Å². The Morgan fingerprint density at radius 3 is 2.92 bits per heavy atom. The topological polar surface area (TPSA) is 45.8 Å². The normalized spacial score (nSPS) is 10.6. The second-order valence-electron chi connectivity index (χ2n) is 2.51. The summed E-state index contributed by atoms with van der Waals surface area (Å²) >= 11 is 5.61. The van der Waals surface area contributed by atoms with Crippen LogP contribution in [-0.2, 0) is 0 Å². The Morgan fingerprint density at radius 1 is 1.46 bits per heavy atom. The van der Waals surface area contributed by atoms with Crippen LogP contribution in [0.15, 0.2) is 23.0 Å². The molecule has 0 radical (unpaired) electrons. The van der Waals surface area contributed by atoms with E-state index in [2.05, 4.69) is 10.2 Å². The maximum Gasteiger partial charge on any atom is 0.272 e. The Morgan fingerprint density at radius 2 is 2.23 bits per heavy atom. The van der Waals surface area contributed by atoms with Crippen molar-refractivity contribution in [3.8, 4) is 0 Å². The summed E-state index contributed by atoms with van der Waals surface area (Å²) in [6.07, 6.45) is 0. The molecule has 0 fully saturated rings. The minimum atomic E-state index is -0.541. The summed E-state index contributed by atoms with van der Waals surface area (Å²) in [5.41, 5.74) is -0.445. The molecule has 0 atom stereocenters. The highest BCUT2D eigenvalue weighted by atomic mass is 35.5. The third-order valence-electron chi connectivity index (χ3n) is 1.72. The predicted molar refractivity (Wildman–Crippen MR) is 47.3 cm³/mol. The number of halogens is 2. The van der Waals surface area contributed by atoms with Gasteiger partial charge in [0.2, 0.25) is 0 Å². The fraction of sp³-hybridized carbons (Fsp3) is 0. The Bertz CT molecular complexity index is 515. The molecule has 0 unspecified atom stereocenters. The molecule has 0 aliphatic rings. The molecule has 0 spiro atoms. The van der Waals surface area contributed by atoms with E-state index in [1.54, 1.807) is 0 Å². The Labute approximate surface area is 77.2 Å². The van der Waals surface area contributed by atoms with Crippen molar-refractivity contribution in [2.24, 2.45) is 0 Å². The van der Waals surface area contributed by atoms with E-state index in [0.717, 1.165) is 0 Å². The first-order valence-electron chi connectivity index (χ1n) is 3.52. The average molecular weight is 199 g/mol. The third kappa shape index (κ3) is 1.19. The molecule has 1 aromatic carbocycles. The van der Waals surface area contributed by atoms with Gasteiger partial charge in [-0.1, -0.05) is 17.7 Å². The Kier molecular flexibility index (Phi) is 1.77. The highest BCUT2D eigenvalue weighted by molar-refractivity contribution is 6.34. The van der Waals surface area contributed by atoms with Crippen molar-refractivity contribution in [2.75, 3.05) is 0 Å². The van der Waals surface area contributed by atoms with Gasteiger partial charge in [-0.3, -0.25) is 4.79 Å². The quantitative estimate of drug-likeness (QED) is 0.701. The fourth-order valence-electron chi connectivity index (χ4n) is 1.14. The summed E-state index contributed by atoms with van der Waals surface area (Å²) in [4.78, 5) is 11.1. The van der Waals surface area contributed by atoms with Gasteiger partial charge in [0.1, 0.15) is 5.82 Å². The van der Waals surface area contributed by atoms with Crippen LogP contribution in [0.5, 0.6) is 0 Å². The summed E-state index contributed by atoms with van der Waals surface area (Å²) < 4.78 is 13.1. The van der Waals surface area contributed by atoms with Crippen molar-refractivity contribution in [2.45, 2.75) is 0 Å². The van der Waals surface area contributed by atoms with Crippen LogP contribution >= 0.6 is 11.6 Å². The van der Waals surface area contributed by atoms with E-state index < -0.39 is 11.4 Å². The number of aromatic nitrogens is 2. The molecule has 1 aromatic heterocycles. The summed E-state index contributed by atoms with van der Waals surface area (Å²) in [6.45, 7) is 0. The average Bonchev–Trinajstić information content (AvgIpc) is 2.12. The van der Waals surface area contributed by atoms with Crippen LogP contribution in [0.3, 0.4) is 0 Å². The zero-order valence-corrected chi connectivity index (χ0v) is 7.10. The summed E-state index contributed by atoms with van der Waals surface area (Å²) in [5, 5.41) is 5.86. The van der Waals surface area contributed by atoms with Crippen LogP contribution < -0.4 is 5.56 Å². The van der Waals surface area contributed by atoms with Crippen molar-refractivity contribution >= 4 is 22.4 Å². The molecule has 2 rings (SSSR count). The molecule has 5 heteroatoms. The van der Waals surface area contributed by atoms with Crippen molar-refractivity contribution in [3.05, 3.63) is 39.5 Å². The van der Waals surface area contributed by atoms with Gasteiger partial charge in [-0.2, -0.15) is 5.10 Å². The van der Waals surface area contributed by atoms with Crippen LogP contribution in [-0.4, -0.2) is 10.2 Å². The molecule has 2 aromatic rings. The number of fused-ring (bicyclic) bond motifs is 1. The van der Waals surface area contributed by atoms with Crippen LogP contribution in [0.25, 0.3) is 10.8 Å². The number of hydrogen-bond acceptors (Lipinski definition) is 2. The molecule has 0 saturated heterocycles. The van der Waals surface area contributed by atoms with Crippen molar-refractivity contribution in [1.29, 1.82) is 0 Å². The first-order valence-corrected chi connectivity index (χ1v) is 3.90. The van der Waals surface area contributed by atoms with Crippen LogP contribution in [0.2, 0.25) is 5.15 Å². The van der Waals surface area contributed by atoms with E-state index in [0.29, 0.717) is 0 Å². The minimum absolute atomic E-state index is 0.0345. The maximum absolute atomic E-state index is 13.1. The van der Waals surface area contributed by atoms with E-state index in [4.69, 9.17) is 11.6 Å². The van der Waals surface area contributed by atoms with Gasteiger partial charge >= 0.3 is 0 Å². The van der Waals surface area contributed by atoms with Crippen LogP contribution in [0.1, 0.15) is 0 Å². The van der Waals surface area contributed by atoms with Gasteiger partial charge < -0.3 is 0 Å². The SMILES string of the molecule is O=c1[nH]nc(Cl)c2c(F)cccc12. The highest BCUT2D eigenvalue weighted by Gasteiger charge is 2.08. The summed E-state index contributed by atoms with van der Waals surface area (Å²) in [5.74, 6) is -0.541. The van der Waals surface area contributed by atoms with Crippen LogP contribution in [0.4, 0.5) is 4.39 Å². The molecule has 0 amide bonds. The minimum Gasteiger partial charge on any atom is -0.267 e. The van der Waals surface area contributed by atoms with Gasteiger partial charge in [-0.25, -0.2) is 9.49 Å². The Balaban J connectivity index is 3.09. The van der Waals surface area contributed by atoms with E-state index in [9.17, 15) is 9.18 Å². The lowest BCUT2D eigenvalue weighted by molar-refractivity contribution is 0.639. The highest BCUT2D eigenvalue weighted by Crippen LogP contribution is 2.20. The lowest BCUT2D eigenvalue weighted by Crippen LogP contribution is -2.08. The van der Waals surface area contributed by atoms with Gasteiger partial charge in [0.05, 0.1) is 10.8 Å². The number of nitrogens with zero attached hydrogens (tertiary/aromatic N) is 1. The smallest absolute Gasteiger partial charge is 0.267 e. The lowest BCUT2D eigenvalue weighted by Gasteiger charge is -1.98. The molecule has 0 saturated carbocycles. The standard InChI is InChI=1S/C8H4ClFN2O/c9-7-6-4(8(13)12-11-7)2-1-3-5(6)10/h1-3H,(H,12,13). The maximum atomic E-state index is 13.1. The first kappa shape index (κ1) is 8.19. The molecule has 0 aliphatic heterocycles. The first-order chi connectivity index (χ1) is 6.20. The largest absolute Gasteiger partial charge is 0.272 e. The second-order valence-corrected chi connectivity index (χ2v) is 2.86. The molecule has 66 valence electrons. The number of hydrogen-bond donors (Lipinski definition) is 1. The monoisotopic (exact) mass is 198 g/mol. The number of H-pyrrole nitrogens is 1. The number of aromatic amines is 1. The van der Waals surface area contributed by atoms with Crippen LogP contribution in [0, 0.1) is 5.82 Å². The summed E-state index contributed by atoms with van der Waals surface area (Å²) in [6, 6.07) is 4.17. The number of nitrogens with one attached hydrogen (secondary N) is 1. The summed E-state index contributed by atoms with van der Waals surface area (Å²) in [7, 11) is 0. The lowest BCUT2D eigenvalue weighted by atomic mass is 10.2. The van der Waals surface area contributed by atoms with E-state index >= 15 is 0 Å². The van der Waals surface area contributed by atoms with E-state index in [1.807, 2.05) is 0 Å². The molecule has 0 bridgehead atoms. The van der Waals surface area contributed by atoms with Gasteiger partial charge in [0.15, 0.2) is 5.15 Å². The van der Waals surface area contributed by atoms with Gasteiger partial charge in [-0.15, -0.1) is 0 Å². The van der Waals surface area contributed by atoms with Crippen molar-refractivity contribution in [1.82, 2.24) is 10.2 Å². The second kappa shape index (κ2) is 2.81. The molecule has 13 heavy (non-hydrogen) atoms. The van der Waals surface area contributed by atoms with E-state index in [1.165, 1.54) is 18.2 Å². The zero-order chi connectivity index (χ0) is 9.42.